The van der Waals surface area contributed by atoms with Crippen molar-refractivity contribution >= 4 is 39.9 Å². The number of aromatic nitrogens is 1. The topological polar surface area (TPSA) is 30.0 Å². The number of Topliss-reactive ketones (excluding diaryl/α,β-unsaturated/α-hetero) is 1. The highest BCUT2D eigenvalue weighted by Crippen LogP contribution is 2.35. The third-order valence-electron chi connectivity index (χ3n) is 3.68. The number of carbonyl (C=O) groups excluding carboxylic acids is 1. The first kappa shape index (κ1) is 12.9. The van der Waals surface area contributed by atoms with E-state index in [2.05, 4.69) is 4.98 Å². The quantitative estimate of drug-likeness (QED) is 0.718. The number of pyridine rings is 1. The van der Waals surface area contributed by atoms with Gasteiger partial charge >= 0.3 is 0 Å². The lowest BCUT2D eigenvalue weighted by atomic mass is 9.88. The molecule has 0 N–H and O–H groups in total. The highest BCUT2D eigenvalue weighted by atomic mass is 35.5. The van der Waals surface area contributed by atoms with Crippen LogP contribution >= 0.6 is 23.2 Å². The number of nitrogens with zero attached hydrogens (tertiary/aromatic N) is 1. The second-order valence-corrected chi connectivity index (χ2v) is 5.72. The zero-order valence-corrected chi connectivity index (χ0v) is 12.1. The van der Waals surface area contributed by atoms with Gasteiger partial charge in [0.2, 0.25) is 0 Å². The molecule has 0 atom stereocenters. The fraction of sp³-hybridized carbons (Fsp3) is 0.333. The minimum absolute atomic E-state index is 0.0731. The van der Waals surface area contributed by atoms with Gasteiger partial charge in [-0.15, -0.1) is 0 Å². The molecule has 98 valence electrons. The van der Waals surface area contributed by atoms with Gasteiger partial charge in [0.25, 0.3) is 0 Å². The van der Waals surface area contributed by atoms with E-state index in [-0.39, 0.29) is 5.78 Å². The Morgan fingerprint density at radius 3 is 2.68 bits per heavy atom. The van der Waals surface area contributed by atoms with Gasteiger partial charge in [0.15, 0.2) is 5.78 Å². The molecule has 1 aliphatic carbocycles. The number of fused-ring (bicyclic) bond motifs is 2. The molecule has 3 rings (SSSR count). The molecule has 2 aromatic rings. The molecule has 1 aromatic heterocycles. The molecule has 2 nitrogen and oxygen atoms in total. The van der Waals surface area contributed by atoms with Crippen molar-refractivity contribution in [3.8, 4) is 0 Å². The van der Waals surface area contributed by atoms with E-state index in [9.17, 15) is 4.79 Å². The second kappa shape index (κ2) is 4.77. The summed E-state index contributed by atoms with van der Waals surface area (Å²) in [5, 5.41) is 1.74. The first-order valence-electron chi connectivity index (χ1n) is 6.40. The molecule has 0 fully saturated rings. The van der Waals surface area contributed by atoms with Crippen LogP contribution in [0.1, 0.15) is 41.4 Å². The van der Waals surface area contributed by atoms with Crippen LogP contribution in [0.15, 0.2) is 12.1 Å². The first-order chi connectivity index (χ1) is 9.09. The van der Waals surface area contributed by atoms with E-state index in [0.717, 1.165) is 47.9 Å². The summed E-state index contributed by atoms with van der Waals surface area (Å²) in [4.78, 5) is 16.7. The van der Waals surface area contributed by atoms with Crippen LogP contribution in [0, 0.1) is 0 Å². The monoisotopic (exact) mass is 293 g/mol. The van der Waals surface area contributed by atoms with Crippen molar-refractivity contribution in [3.05, 3.63) is 39.0 Å². The molecule has 0 radical (unpaired) electrons. The fourth-order valence-electron chi connectivity index (χ4n) is 2.83. The van der Waals surface area contributed by atoms with Crippen LogP contribution in [-0.2, 0) is 12.8 Å². The Morgan fingerprint density at radius 1 is 1.21 bits per heavy atom. The van der Waals surface area contributed by atoms with Crippen LogP contribution in [0.2, 0.25) is 10.0 Å². The molecule has 1 aliphatic rings. The van der Waals surface area contributed by atoms with Crippen LogP contribution in [0.3, 0.4) is 0 Å². The maximum absolute atomic E-state index is 12.0. The van der Waals surface area contributed by atoms with E-state index in [1.54, 1.807) is 13.0 Å². The summed E-state index contributed by atoms with van der Waals surface area (Å²) in [6, 6.07) is 3.58. The van der Waals surface area contributed by atoms with Crippen LogP contribution in [-0.4, -0.2) is 10.8 Å². The molecule has 0 amide bonds. The number of hydrogen-bond donors (Lipinski definition) is 0. The fourth-order valence-corrected chi connectivity index (χ4v) is 3.19. The molecule has 0 aliphatic heterocycles. The average Bonchev–Trinajstić information content (AvgIpc) is 2.40. The van der Waals surface area contributed by atoms with Crippen LogP contribution < -0.4 is 0 Å². The largest absolute Gasteiger partial charge is 0.294 e. The van der Waals surface area contributed by atoms with Crippen molar-refractivity contribution in [2.24, 2.45) is 0 Å². The Labute approximate surface area is 121 Å². The smallest absolute Gasteiger partial charge is 0.160 e. The van der Waals surface area contributed by atoms with Crippen molar-refractivity contribution in [2.75, 3.05) is 0 Å². The standard InChI is InChI=1S/C15H13Cl2NO/c1-8(19)13-9-4-2-3-5-12(9)18-15-10(13)6-7-11(16)14(15)17/h6-7H,2-5H2,1H3. The van der Waals surface area contributed by atoms with Crippen LogP contribution in [0.5, 0.6) is 0 Å². The minimum Gasteiger partial charge on any atom is -0.294 e. The third-order valence-corrected chi connectivity index (χ3v) is 4.47. The number of carbonyl (C=O) groups is 1. The van der Waals surface area contributed by atoms with Crippen LogP contribution in [0.4, 0.5) is 0 Å². The van der Waals surface area contributed by atoms with Crippen molar-refractivity contribution in [1.82, 2.24) is 4.98 Å². The summed E-state index contributed by atoms with van der Waals surface area (Å²) in [5.41, 5.74) is 3.54. The van der Waals surface area contributed by atoms with E-state index < -0.39 is 0 Å². The van der Waals surface area contributed by atoms with E-state index in [1.807, 2.05) is 6.07 Å². The van der Waals surface area contributed by atoms with Gasteiger partial charge in [0.05, 0.1) is 15.6 Å². The molecular formula is C15H13Cl2NO. The molecule has 0 saturated carbocycles. The summed E-state index contributed by atoms with van der Waals surface area (Å²) < 4.78 is 0. The minimum atomic E-state index is 0.0731. The summed E-state index contributed by atoms with van der Waals surface area (Å²) in [6.07, 6.45) is 4.06. The van der Waals surface area contributed by atoms with Crippen molar-refractivity contribution in [3.63, 3.8) is 0 Å². The van der Waals surface area contributed by atoms with Gasteiger partial charge in [-0.1, -0.05) is 29.3 Å². The average molecular weight is 294 g/mol. The number of ketones is 1. The highest BCUT2D eigenvalue weighted by Gasteiger charge is 2.22. The van der Waals surface area contributed by atoms with E-state index in [1.165, 1.54) is 0 Å². The number of aryl methyl sites for hydroxylation is 1. The number of benzene rings is 1. The Balaban J connectivity index is 2.45. The zero-order valence-electron chi connectivity index (χ0n) is 10.6. The highest BCUT2D eigenvalue weighted by molar-refractivity contribution is 6.45. The maximum Gasteiger partial charge on any atom is 0.160 e. The van der Waals surface area contributed by atoms with E-state index in [4.69, 9.17) is 23.2 Å². The summed E-state index contributed by atoms with van der Waals surface area (Å²) in [6.45, 7) is 1.60. The molecule has 0 saturated heterocycles. The molecule has 1 heterocycles. The Hall–Kier alpha value is -1.12. The normalized spacial score (nSPS) is 14.5. The summed E-state index contributed by atoms with van der Waals surface area (Å²) in [5.74, 6) is 0.0731. The van der Waals surface area contributed by atoms with Crippen molar-refractivity contribution in [2.45, 2.75) is 32.6 Å². The molecule has 0 unspecified atom stereocenters. The summed E-state index contributed by atoms with van der Waals surface area (Å²) >= 11 is 12.3. The molecule has 1 aromatic carbocycles. The lowest BCUT2D eigenvalue weighted by molar-refractivity contribution is 0.101. The number of rotatable bonds is 1. The second-order valence-electron chi connectivity index (χ2n) is 4.93. The van der Waals surface area contributed by atoms with Gasteiger partial charge in [-0.05, 0) is 44.2 Å². The Bertz CT molecular complexity index is 694. The van der Waals surface area contributed by atoms with Gasteiger partial charge in [0, 0.05) is 16.6 Å². The maximum atomic E-state index is 12.0. The van der Waals surface area contributed by atoms with Crippen LogP contribution in [0.25, 0.3) is 10.9 Å². The van der Waals surface area contributed by atoms with Gasteiger partial charge < -0.3 is 0 Å². The number of hydrogen-bond acceptors (Lipinski definition) is 2. The third kappa shape index (κ3) is 2.03. The predicted molar refractivity (Wildman–Crippen MR) is 78.4 cm³/mol. The Morgan fingerprint density at radius 2 is 1.95 bits per heavy atom. The molecule has 19 heavy (non-hydrogen) atoms. The summed E-state index contributed by atoms with van der Waals surface area (Å²) in [7, 11) is 0. The lowest BCUT2D eigenvalue weighted by Crippen LogP contribution is -2.12. The molecule has 0 bridgehead atoms. The first-order valence-corrected chi connectivity index (χ1v) is 7.15. The molecule has 0 spiro atoms. The van der Waals surface area contributed by atoms with Gasteiger partial charge in [-0.3, -0.25) is 9.78 Å². The number of halogens is 2. The van der Waals surface area contributed by atoms with Gasteiger partial charge in [-0.25, -0.2) is 0 Å². The SMILES string of the molecule is CC(=O)c1c2c(nc3c(Cl)c(Cl)ccc13)CCCC2. The van der Waals surface area contributed by atoms with Gasteiger partial charge in [-0.2, -0.15) is 0 Å². The van der Waals surface area contributed by atoms with E-state index >= 15 is 0 Å². The zero-order chi connectivity index (χ0) is 13.6. The predicted octanol–water partition coefficient (Wildman–Crippen LogP) is 4.62. The Kier molecular flexibility index (Phi) is 3.23. The van der Waals surface area contributed by atoms with E-state index in [0.29, 0.717) is 15.6 Å². The molecular weight excluding hydrogens is 281 g/mol. The molecule has 4 heteroatoms. The van der Waals surface area contributed by atoms with Gasteiger partial charge in [0.1, 0.15) is 0 Å². The van der Waals surface area contributed by atoms with Crippen molar-refractivity contribution in [1.29, 1.82) is 0 Å². The van der Waals surface area contributed by atoms with Crippen molar-refractivity contribution < 1.29 is 4.79 Å². The lowest BCUT2D eigenvalue weighted by Gasteiger charge is -2.20.